The van der Waals surface area contributed by atoms with Gasteiger partial charge in [0.05, 0.1) is 12.9 Å². The number of nitrogens with one attached hydrogen (secondary N) is 1. The number of fused-ring (bicyclic) bond motifs is 2. The summed E-state index contributed by atoms with van der Waals surface area (Å²) >= 11 is 6.32. The van der Waals surface area contributed by atoms with Crippen LogP contribution in [-0.4, -0.2) is 28.4 Å². The van der Waals surface area contributed by atoms with Crippen molar-refractivity contribution in [2.24, 2.45) is 0 Å². The van der Waals surface area contributed by atoms with Gasteiger partial charge in [-0.1, -0.05) is 54.1 Å². The fourth-order valence-electron chi connectivity index (χ4n) is 4.16. The molecule has 1 N–H and O–H groups in total. The molecule has 6 heteroatoms. The third kappa shape index (κ3) is 4.85. The van der Waals surface area contributed by atoms with Crippen molar-refractivity contribution in [3.05, 3.63) is 99.6 Å². The molecule has 3 aromatic rings. The Bertz CT molecular complexity index is 1270. The van der Waals surface area contributed by atoms with E-state index in [2.05, 4.69) is 29.0 Å². The van der Waals surface area contributed by atoms with Gasteiger partial charge >= 0.3 is 0 Å². The van der Waals surface area contributed by atoms with Gasteiger partial charge in [-0.25, -0.2) is 8.42 Å². The van der Waals surface area contributed by atoms with Crippen LogP contribution in [0.1, 0.15) is 27.8 Å². The molecule has 0 atom stereocenters. The number of halogens is 1. The summed E-state index contributed by atoms with van der Waals surface area (Å²) in [5, 5.41) is 0.719. The number of anilines is 1. The predicted octanol–water partition coefficient (Wildman–Crippen LogP) is 5.42. The molecule has 0 radical (unpaired) electrons. The van der Waals surface area contributed by atoms with Crippen LogP contribution in [0.3, 0.4) is 0 Å². The zero-order valence-corrected chi connectivity index (χ0v) is 19.1. The number of ether oxygens (including phenoxy) is 1. The van der Waals surface area contributed by atoms with E-state index in [9.17, 15) is 8.42 Å². The van der Waals surface area contributed by atoms with Crippen LogP contribution in [0.2, 0.25) is 5.02 Å². The van der Waals surface area contributed by atoms with Gasteiger partial charge in [-0.3, -0.25) is 4.72 Å². The van der Waals surface area contributed by atoms with Gasteiger partial charge in [-0.2, -0.15) is 0 Å². The number of sulfonamides is 1. The molecule has 0 fully saturated rings. The molecule has 0 bridgehead atoms. The maximum absolute atomic E-state index is 11.8. The van der Waals surface area contributed by atoms with Crippen LogP contribution in [0.25, 0.3) is 11.1 Å². The molecular weight excluding hydrogens is 430 g/mol. The summed E-state index contributed by atoms with van der Waals surface area (Å²) in [6, 6.07) is 21.9. The zero-order valence-electron chi connectivity index (χ0n) is 17.5. The molecule has 1 aliphatic carbocycles. The fourth-order valence-corrected chi connectivity index (χ4v) is 4.91. The number of aryl methyl sites for hydroxylation is 2. The van der Waals surface area contributed by atoms with E-state index in [4.69, 9.17) is 16.3 Å². The summed E-state index contributed by atoms with van der Waals surface area (Å²) < 4.78 is 31.7. The lowest BCUT2D eigenvalue weighted by atomic mass is 9.87. The van der Waals surface area contributed by atoms with Crippen LogP contribution in [0.15, 0.2) is 66.7 Å². The quantitative estimate of drug-likeness (QED) is 0.561. The van der Waals surface area contributed by atoms with Crippen LogP contribution in [0.5, 0.6) is 0 Å². The third-order valence-corrected chi connectivity index (χ3v) is 6.23. The Labute approximate surface area is 188 Å². The number of hydrogen-bond acceptors (Lipinski definition) is 3. The molecule has 31 heavy (non-hydrogen) atoms. The van der Waals surface area contributed by atoms with Crippen LogP contribution in [0.4, 0.5) is 5.69 Å². The molecule has 0 spiro atoms. The Balaban J connectivity index is 2.01. The average molecular weight is 454 g/mol. The van der Waals surface area contributed by atoms with E-state index in [1.54, 1.807) is 13.2 Å². The molecule has 4 nitrogen and oxygen atoms in total. The highest BCUT2D eigenvalue weighted by Crippen LogP contribution is 2.40. The maximum atomic E-state index is 11.8. The smallest absolute Gasteiger partial charge is 0.229 e. The highest BCUT2D eigenvalue weighted by Gasteiger charge is 2.22. The van der Waals surface area contributed by atoms with Gasteiger partial charge < -0.3 is 4.74 Å². The molecule has 0 heterocycles. The molecule has 160 valence electrons. The van der Waals surface area contributed by atoms with E-state index in [1.807, 2.05) is 36.4 Å². The second-order valence-corrected chi connectivity index (χ2v) is 9.89. The molecule has 0 saturated carbocycles. The van der Waals surface area contributed by atoms with Gasteiger partial charge in [0.15, 0.2) is 0 Å². The number of benzene rings is 3. The van der Waals surface area contributed by atoms with Gasteiger partial charge in [-0.15, -0.1) is 0 Å². The first-order valence-corrected chi connectivity index (χ1v) is 12.3. The van der Waals surface area contributed by atoms with Crippen LogP contribution >= 0.6 is 11.6 Å². The van der Waals surface area contributed by atoms with Crippen LogP contribution in [0, 0.1) is 0 Å². The van der Waals surface area contributed by atoms with E-state index >= 15 is 0 Å². The molecule has 4 rings (SSSR count). The minimum absolute atomic E-state index is 0.383. The van der Waals surface area contributed by atoms with Gasteiger partial charge in [0.25, 0.3) is 0 Å². The topological polar surface area (TPSA) is 55.4 Å². The Morgan fingerprint density at radius 2 is 1.71 bits per heavy atom. The first-order chi connectivity index (χ1) is 14.9. The summed E-state index contributed by atoms with van der Waals surface area (Å²) in [6.07, 6.45) is 2.96. The summed E-state index contributed by atoms with van der Waals surface area (Å²) in [5.41, 5.74) is 8.27. The molecular formula is C25H24ClNO3S. The fraction of sp³-hybridized carbons (Fsp3) is 0.200. The van der Waals surface area contributed by atoms with Crippen molar-refractivity contribution >= 4 is 38.5 Å². The molecule has 1 aliphatic rings. The second-order valence-electron chi connectivity index (χ2n) is 7.70. The SMILES string of the molecule is COCC(=C1c2ccccc2CCc2cc(Cl)ccc21)c1cccc(NS(C)(=O)=O)c1. The lowest BCUT2D eigenvalue weighted by molar-refractivity contribution is 0.240. The van der Waals surface area contributed by atoms with Crippen molar-refractivity contribution in [1.82, 2.24) is 0 Å². The summed E-state index contributed by atoms with van der Waals surface area (Å²) in [7, 11) is -1.71. The lowest BCUT2D eigenvalue weighted by Crippen LogP contribution is -2.10. The Kier molecular flexibility index (Phi) is 6.19. The molecule has 0 unspecified atom stereocenters. The summed E-state index contributed by atoms with van der Waals surface area (Å²) in [5.74, 6) is 0. The Morgan fingerprint density at radius 1 is 0.968 bits per heavy atom. The summed E-state index contributed by atoms with van der Waals surface area (Å²) in [4.78, 5) is 0. The second kappa shape index (κ2) is 8.87. The largest absolute Gasteiger partial charge is 0.380 e. The monoisotopic (exact) mass is 453 g/mol. The summed E-state index contributed by atoms with van der Waals surface area (Å²) in [6.45, 7) is 0.383. The molecule has 0 aromatic heterocycles. The molecule has 0 aliphatic heterocycles. The van der Waals surface area contributed by atoms with Gasteiger partial charge in [0.1, 0.15) is 0 Å². The van der Waals surface area contributed by atoms with Gasteiger partial charge in [0.2, 0.25) is 10.0 Å². The molecule has 0 amide bonds. The first-order valence-electron chi connectivity index (χ1n) is 10.0. The number of hydrogen-bond donors (Lipinski definition) is 1. The lowest BCUT2D eigenvalue weighted by Gasteiger charge is -2.19. The van der Waals surface area contributed by atoms with E-state index in [-0.39, 0.29) is 0 Å². The van der Waals surface area contributed by atoms with Crippen molar-refractivity contribution in [2.45, 2.75) is 12.8 Å². The minimum atomic E-state index is -3.38. The van der Waals surface area contributed by atoms with E-state index < -0.39 is 10.0 Å². The first kappa shape index (κ1) is 21.6. The highest BCUT2D eigenvalue weighted by molar-refractivity contribution is 7.92. The highest BCUT2D eigenvalue weighted by atomic mass is 35.5. The molecule has 3 aromatic carbocycles. The number of methoxy groups -OCH3 is 1. The normalized spacial score (nSPS) is 14.9. The van der Waals surface area contributed by atoms with Crippen molar-refractivity contribution in [1.29, 1.82) is 0 Å². The standard InChI is InChI=1S/C25H24ClNO3S/c1-30-16-24(18-7-5-8-21(15-18)27-31(2,28)29)25-22-9-4-3-6-17(22)10-11-19-14-20(26)12-13-23(19)25/h3-9,12-15,27H,10-11,16H2,1-2H3. The third-order valence-electron chi connectivity index (χ3n) is 5.39. The van der Waals surface area contributed by atoms with Gasteiger partial charge in [-0.05, 0) is 76.1 Å². The maximum Gasteiger partial charge on any atom is 0.229 e. The average Bonchev–Trinajstić information content (AvgIpc) is 2.88. The van der Waals surface area contributed by atoms with Gasteiger partial charge in [0, 0.05) is 17.8 Å². The Morgan fingerprint density at radius 3 is 2.48 bits per heavy atom. The van der Waals surface area contributed by atoms with Crippen molar-refractivity contribution < 1.29 is 13.2 Å². The van der Waals surface area contributed by atoms with Crippen LogP contribution < -0.4 is 4.72 Å². The van der Waals surface area contributed by atoms with Crippen molar-refractivity contribution in [2.75, 3.05) is 24.7 Å². The molecule has 0 saturated heterocycles. The van der Waals surface area contributed by atoms with E-state index in [1.165, 1.54) is 11.1 Å². The van der Waals surface area contributed by atoms with E-state index in [0.717, 1.165) is 52.0 Å². The van der Waals surface area contributed by atoms with Crippen molar-refractivity contribution in [3.63, 3.8) is 0 Å². The van der Waals surface area contributed by atoms with E-state index in [0.29, 0.717) is 12.3 Å². The van der Waals surface area contributed by atoms with Crippen LogP contribution in [-0.2, 0) is 27.6 Å². The predicted molar refractivity (Wildman–Crippen MR) is 128 cm³/mol. The minimum Gasteiger partial charge on any atom is -0.380 e. The number of rotatable bonds is 5. The zero-order chi connectivity index (χ0) is 22.0. The Hall–Kier alpha value is -2.60. The van der Waals surface area contributed by atoms with Crippen molar-refractivity contribution in [3.8, 4) is 0 Å².